The third-order valence-corrected chi connectivity index (χ3v) is 4.54. The van der Waals surface area contributed by atoms with Crippen LogP contribution in [0, 0.1) is 11.6 Å². The monoisotopic (exact) mass is 314 g/mol. The number of carbonyl (C=O) groups is 2. The first-order valence-corrected chi connectivity index (χ1v) is 7.54. The zero-order chi connectivity index (χ0) is 15.6. The second-order valence-electron chi connectivity index (χ2n) is 4.78. The normalized spacial score (nSPS) is 17.5. The zero-order valence-electron chi connectivity index (χ0n) is 11.7. The van der Waals surface area contributed by atoms with Crippen molar-refractivity contribution >= 4 is 23.7 Å². The van der Waals surface area contributed by atoms with Crippen LogP contribution in [0.2, 0.25) is 0 Å². The molecule has 3 amide bonds. The van der Waals surface area contributed by atoms with Gasteiger partial charge in [-0.3, -0.25) is 9.69 Å². The maximum absolute atomic E-state index is 13.7. The first-order valence-electron chi connectivity index (χ1n) is 6.60. The summed E-state index contributed by atoms with van der Waals surface area (Å²) in [5.74, 6) is -1.61. The molecule has 21 heavy (non-hydrogen) atoms. The summed E-state index contributed by atoms with van der Waals surface area (Å²) < 4.78 is 27.4. The maximum Gasteiger partial charge on any atom is 0.324 e. The summed E-state index contributed by atoms with van der Waals surface area (Å²) in [7, 11) is 0. The molecule has 1 N–H and O–H groups in total. The molecule has 7 heteroatoms. The minimum absolute atomic E-state index is 0.0481. The van der Waals surface area contributed by atoms with Crippen LogP contribution in [-0.2, 0) is 4.79 Å². The average Bonchev–Trinajstić information content (AvgIpc) is 2.83. The molecule has 1 fully saturated rings. The van der Waals surface area contributed by atoms with Crippen LogP contribution in [0.5, 0.6) is 0 Å². The van der Waals surface area contributed by atoms with Gasteiger partial charge in [-0.05, 0) is 26.0 Å². The second kappa shape index (κ2) is 6.43. The van der Waals surface area contributed by atoms with Crippen molar-refractivity contribution in [3.05, 3.63) is 35.4 Å². The molecule has 1 heterocycles. The first kappa shape index (κ1) is 15.8. The van der Waals surface area contributed by atoms with Gasteiger partial charge in [0.25, 0.3) is 0 Å². The van der Waals surface area contributed by atoms with Gasteiger partial charge in [0.2, 0.25) is 5.91 Å². The Balaban J connectivity index is 2.07. The highest BCUT2D eigenvalue weighted by atomic mass is 32.2. The van der Waals surface area contributed by atoms with Gasteiger partial charge in [0, 0.05) is 23.9 Å². The minimum atomic E-state index is -0.631. The highest BCUT2D eigenvalue weighted by Crippen LogP contribution is 2.35. The number of nitrogens with zero attached hydrogens (tertiary/aromatic N) is 1. The number of hydrogen-bond acceptors (Lipinski definition) is 3. The summed E-state index contributed by atoms with van der Waals surface area (Å²) in [5.41, 5.74) is -0.0481. The lowest BCUT2D eigenvalue weighted by atomic mass is 10.1. The van der Waals surface area contributed by atoms with Gasteiger partial charge in [0.1, 0.15) is 11.6 Å². The molecule has 2 rings (SSSR count). The Hall–Kier alpha value is -1.63. The van der Waals surface area contributed by atoms with Crippen molar-refractivity contribution in [3.8, 4) is 0 Å². The van der Waals surface area contributed by atoms with E-state index in [2.05, 4.69) is 5.32 Å². The Morgan fingerprint density at radius 2 is 1.95 bits per heavy atom. The number of halogens is 2. The van der Waals surface area contributed by atoms with Crippen LogP contribution < -0.4 is 5.32 Å². The molecule has 0 bridgehead atoms. The van der Waals surface area contributed by atoms with Crippen molar-refractivity contribution < 1.29 is 18.4 Å². The summed E-state index contributed by atoms with van der Waals surface area (Å²) in [6, 6.07) is 3.26. The Bertz CT molecular complexity index is 548. The lowest BCUT2D eigenvalue weighted by molar-refractivity contribution is -0.126. The number of carbonyl (C=O) groups excluding carboxylic acids is 2. The van der Waals surface area contributed by atoms with E-state index in [0.717, 1.165) is 16.7 Å². The molecular formula is C14H16F2N2O2S. The Morgan fingerprint density at radius 3 is 2.48 bits per heavy atom. The van der Waals surface area contributed by atoms with Crippen molar-refractivity contribution in [3.63, 3.8) is 0 Å². The SMILES string of the molecule is C[C@H](S[C@@H](C)c1c(F)cccc1F)C(=O)N1CCNC1=O. The van der Waals surface area contributed by atoms with Crippen LogP contribution in [0.1, 0.15) is 24.7 Å². The van der Waals surface area contributed by atoms with Gasteiger partial charge < -0.3 is 5.32 Å². The molecule has 1 aromatic rings. The molecule has 0 spiro atoms. The molecule has 0 saturated carbocycles. The summed E-state index contributed by atoms with van der Waals surface area (Å²) >= 11 is 1.13. The average molecular weight is 314 g/mol. The van der Waals surface area contributed by atoms with Crippen molar-refractivity contribution in [1.29, 1.82) is 0 Å². The van der Waals surface area contributed by atoms with Gasteiger partial charge in [-0.2, -0.15) is 0 Å². The Labute approximate surface area is 125 Å². The number of thioether (sulfide) groups is 1. The number of rotatable bonds is 4. The first-order chi connectivity index (χ1) is 9.91. The van der Waals surface area contributed by atoms with E-state index in [-0.39, 0.29) is 11.5 Å². The van der Waals surface area contributed by atoms with Crippen LogP contribution in [-0.4, -0.2) is 35.2 Å². The van der Waals surface area contributed by atoms with Crippen molar-refractivity contribution in [1.82, 2.24) is 10.2 Å². The van der Waals surface area contributed by atoms with Crippen LogP contribution in [0.4, 0.5) is 13.6 Å². The highest BCUT2D eigenvalue weighted by Gasteiger charge is 2.31. The van der Waals surface area contributed by atoms with E-state index in [1.54, 1.807) is 13.8 Å². The third kappa shape index (κ3) is 3.34. The van der Waals surface area contributed by atoms with Gasteiger partial charge in [-0.25, -0.2) is 13.6 Å². The largest absolute Gasteiger partial charge is 0.336 e. The lowest BCUT2D eigenvalue weighted by Gasteiger charge is -2.21. The topological polar surface area (TPSA) is 49.4 Å². The smallest absolute Gasteiger partial charge is 0.324 e. The predicted octanol–water partition coefficient (Wildman–Crippen LogP) is 2.70. The van der Waals surface area contributed by atoms with Gasteiger partial charge in [0.15, 0.2) is 0 Å². The van der Waals surface area contributed by atoms with Crippen LogP contribution in [0.15, 0.2) is 18.2 Å². The number of nitrogens with one attached hydrogen (secondary N) is 1. The molecule has 0 aliphatic carbocycles. The fraction of sp³-hybridized carbons (Fsp3) is 0.429. The van der Waals surface area contributed by atoms with Gasteiger partial charge in [-0.15, -0.1) is 11.8 Å². The highest BCUT2D eigenvalue weighted by molar-refractivity contribution is 8.00. The molecule has 1 aromatic carbocycles. The summed E-state index contributed by atoms with van der Waals surface area (Å²) in [5, 5.41) is 1.45. The molecule has 1 aliphatic heterocycles. The molecule has 4 nitrogen and oxygen atoms in total. The number of benzene rings is 1. The predicted molar refractivity (Wildman–Crippen MR) is 76.9 cm³/mol. The van der Waals surface area contributed by atoms with Crippen LogP contribution in [0.25, 0.3) is 0 Å². The van der Waals surface area contributed by atoms with E-state index in [0.29, 0.717) is 13.1 Å². The second-order valence-corrected chi connectivity index (χ2v) is 6.46. The number of urea groups is 1. The van der Waals surface area contributed by atoms with E-state index in [4.69, 9.17) is 0 Å². The van der Waals surface area contributed by atoms with Crippen molar-refractivity contribution in [2.45, 2.75) is 24.3 Å². The van der Waals surface area contributed by atoms with E-state index in [1.807, 2.05) is 0 Å². The summed E-state index contributed by atoms with van der Waals surface area (Å²) in [6.07, 6.45) is 0. The molecule has 1 aliphatic rings. The van der Waals surface area contributed by atoms with Crippen molar-refractivity contribution in [2.24, 2.45) is 0 Å². The molecule has 1 saturated heterocycles. The van der Waals surface area contributed by atoms with Crippen LogP contribution in [0.3, 0.4) is 0 Å². The number of hydrogen-bond donors (Lipinski definition) is 1. The number of amides is 3. The van der Waals surface area contributed by atoms with Crippen molar-refractivity contribution in [2.75, 3.05) is 13.1 Å². The van der Waals surface area contributed by atoms with Gasteiger partial charge in [0.05, 0.1) is 5.25 Å². The third-order valence-electron chi connectivity index (χ3n) is 3.29. The van der Waals surface area contributed by atoms with Crippen LogP contribution >= 0.6 is 11.8 Å². The van der Waals surface area contributed by atoms with Gasteiger partial charge in [-0.1, -0.05) is 6.07 Å². The number of imide groups is 1. The standard InChI is InChI=1S/C14H16F2N2O2S/c1-8(12-10(15)4-3-5-11(12)16)21-9(2)13(19)18-7-6-17-14(18)20/h3-5,8-9H,6-7H2,1-2H3,(H,17,20)/t8-,9-/m0/s1. The van der Waals surface area contributed by atoms with Gasteiger partial charge >= 0.3 is 6.03 Å². The molecule has 0 aromatic heterocycles. The molecule has 0 unspecified atom stereocenters. The summed E-state index contributed by atoms with van der Waals surface area (Å²) in [4.78, 5) is 24.7. The van der Waals surface area contributed by atoms with E-state index in [9.17, 15) is 18.4 Å². The Kier molecular flexibility index (Phi) is 4.82. The Morgan fingerprint density at radius 1 is 1.33 bits per heavy atom. The molecular weight excluding hydrogens is 298 g/mol. The summed E-state index contributed by atoms with van der Waals surface area (Å²) in [6.45, 7) is 4.03. The van der Waals surface area contributed by atoms with E-state index in [1.165, 1.54) is 18.2 Å². The molecule has 2 atom stereocenters. The fourth-order valence-corrected chi connectivity index (χ4v) is 3.45. The van der Waals surface area contributed by atoms with E-state index >= 15 is 0 Å². The zero-order valence-corrected chi connectivity index (χ0v) is 12.5. The lowest BCUT2D eigenvalue weighted by Crippen LogP contribution is -2.39. The molecule has 0 radical (unpaired) electrons. The van der Waals surface area contributed by atoms with E-state index < -0.39 is 28.2 Å². The fourth-order valence-electron chi connectivity index (χ4n) is 2.23. The minimum Gasteiger partial charge on any atom is -0.336 e. The maximum atomic E-state index is 13.7. The quantitative estimate of drug-likeness (QED) is 0.929. The molecule has 114 valence electrons.